The van der Waals surface area contributed by atoms with Crippen molar-refractivity contribution in [2.75, 3.05) is 5.75 Å². The summed E-state index contributed by atoms with van der Waals surface area (Å²) >= 11 is 13.4. The van der Waals surface area contributed by atoms with Gasteiger partial charge in [-0.1, -0.05) is 47.5 Å². The molecule has 1 N–H and O–H groups in total. The Morgan fingerprint density at radius 1 is 1.10 bits per heavy atom. The standard InChI is InChI=1S/C22H25Cl2FN2O2S/c1-14(2)26-22(29)15(3)27(11-17-6-4-5-7-20(17)25)21(28)13-30-12-16-8-9-18(23)19(24)10-16/h4-10,14-15H,11-13H2,1-3H3,(H,26,29)/t15-/m1/s1. The van der Waals surface area contributed by atoms with Crippen molar-refractivity contribution in [3.63, 3.8) is 0 Å². The number of nitrogens with zero attached hydrogens (tertiary/aromatic N) is 1. The molecule has 0 spiro atoms. The third-order valence-corrected chi connectivity index (χ3v) is 6.10. The maximum atomic E-state index is 14.2. The van der Waals surface area contributed by atoms with E-state index in [9.17, 15) is 14.0 Å². The molecule has 8 heteroatoms. The van der Waals surface area contributed by atoms with E-state index in [0.29, 0.717) is 21.4 Å². The number of thioether (sulfide) groups is 1. The van der Waals surface area contributed by atoms with Crippen LogP contribution >= 0.6 is 35.0 Å². The lowest BCUT2D eigenvalue weighted by Gasteiger charge is -2.29. The highest BCUT2D eigenvalue weighted by Crippen LogP contribution is 2.25. The topological polar surface area (TPSA) is 49.4 Å². The molecule has 0 bridgehead atoms. The van der Waals surface area contributed by atoms with Gasteiger partial charge in [-0.3, -0.25) is 9.59 Å². The summed E-state index contributed by atoms with van der Waals surface area (Å²) in [6, 6.07) is 10.8. The van der Waals surface area contributed by atoms with E-state index >= 15 is 0 Å². The first-order valence-electron chi connectivity index (χ1n) is 9.54. The van der Waals surface area contributed by atoms with E-state index in [1.807, 2.05) is 19.9 Å². The summed E-state index contributed by atoms with van der Waals surface area (Å²) in [5.74, 6) is -0.217. The van der Waals surface area contributed by atoms with Crippen molar-refractivity contribution in [3.8, 4) is 0 Å². The Morgan fingerprint density at radius 3 is 2.43 bits per heavy atom. The molecule has 2 amide bonds. The molecule has 0 aliphatic heterocycles. The fraction of sp³-hybridized carbons (Fsp3) is 0.364. The highest BCUT2D eigenvalue weighted by Gasteiger charge is 2.27. The molecule has 2 rings (SSSR count). The molecule has 162 valence electrons. The van der Waals surface area contributed by atoms with Crippen molar-refractivity contribution < 1.29 is 14.0 Å². The molecule has 2 aromatic rings. The summed E-state index contributed by atoms with van der Waals surface area (Å²) in [6.07, 6.45) is 0. The molecule has 4 nitrogen and oxygen atoms in total. The minimum Gasteiger partial charge on any atom is -0.352 e. The van der Waals surface area contributed by atoms with Gasteiger partial charge < -0.3 is 10.2 Å². The van der Waals surface area contributed by atoms with Crippen LogP contribution in [-0.4, -0.2) is 34.6 Å². The summed E-state index contributed by atoms with van der Waals surface area (Å²) in [5.41, 5.74) is 1.30. The van der Waals surface area contributed by atoms with Gasteiger partial charge in [-0.25, -0.2) is 4.39 Å². The molecule has 0 radical (unpaired) electrons. The summed E-state index contributed by atoms with van der Waals surface area (Å²) in [6.45, 7) is 5.37. The van der Waals surface area contributed by atoms with Crippen LogP contribution in [0.2, 0.25) is 10.0 Å². The maximum absolute atomic E-state index is 14.2. The monoisotopic (exact) mass is 470 g/mol. The van der Waals surface area contributed by atoms with Crippen molar-refractivity contribution in [2.45, 2.75) is 45.2 Å². The highest BCUT2D eigenvalue weighted by atomic mass is 35.5. The second-order valence-corrected chi connectivity index (χ2v) is 8.99. The Hall–Kier alpha value is -1.76. The van der Waals surface area contributed by atoms with Crippen LogP contribution in [0.4, 0.5) is 4.39 Å². The molecule has 0 saturated heterocycles. The average Bonchev–Trinajstić information content (AvgIpc) is 2.69. The van der Waals surface area contributed by atoms with E-state index < -0.39 is 11.9 Å². The molecule has 0 aromatic heterocycles. The summed E-state index contributed by atoms with van der Waals surface area (Å²) in [4.78, 5) is 26.9. The molecule has 0 fully saturated rings. The summed E-state index contributed by atoms with van der Waals surface area (Å²) in [7, 11) is 0. The third-order valence-electron chi connectivity index (χ3n) is 4.38. The van der Waals surface area contributed by atoms with Crippen LogP contribution in [0, 0.1) is 5.82 Å². The van der Waals surface area contributed by atoms with E-state index in [0.717, 1.165) is 5.56 Å². The van der Waals surface area contributed by atoms with Crippen LogP contribution in [0.1, 0.15) is 31.9 Å². The van der Waals surface area contributed by atoms with Gasteiger partial charge in [-0.15, -0.1) is 11.8 Å². The first-order valence-corrected chi connectivity index (χ1v) is 11.4. The van der Waals surface area contributed by atoms with E-state index in [1.54, 1.807) is 37.3 Å². The van der Waals surface area contributed by atoms with Crippen LogP contribution in [0.15, 0.2) is 42.5 Å². The largest absolute Gasteiger partial charge is 0.352 e. The van der Waals surface area contributed by atoms with Gasteiger partial charge in [0.15, 0.2) is 0 Å². The number of halogens is 3. The molecular formula is C22H25Cl2FN2O2S. The summed E-state index contributed by atoms with van der Waals surface area (Å²) < 4.78 is 14.2. The van der Waals surface area contributed by atoms with E-state index in [1.165, 1.54) is 22.7 Å². The lowest BCUT2D eigenvalue weighted by molar-refractivity contribution is -0.138. The zero-order chi connectivity index (χ0) is 22.3. The molecular weight excluding hydrogens is 446 g/mol. The van der Waals surface area contributed by atoms with Crippen LogP contribution in [0.25, 0.3) is 0 Å². The Labute approximate surface area is 191 Å². The second kappa shape index (κ2) is 11.6. The van der Waals surface area contributed by atoms with Gasteiger partial charge >= 0.3 is 0 Å². The van der Waals surface area contributed by atoms with Crippen molar-refractivity contribution in [1.29, 1.82) is 0 Å². The number of amides is 2. The van der Waals surface area contributed by atoms with Crippen molar-refractivity contribution >= 4 is 46.8 Å². The number of nitrogens with one attached hydrogen (secondary N) is 1. The predicted octanol–water partition coefficient (Wildman–Crippen LogP) is 5.31. The van der Waals surface area contributed by atoms with Crippen LogP contribution < -0.4 is 5.32 Å². The van der Waals surface area contributed by atoms with Crippen LogP contribution in [0.5, 0.6) is 0 Å². The highest BCUT2D eigenvalue weighted by molar-refractivity contribution is 7.99. The average molecular weight is 471 g/mol. The molecule has 30 heavy (non-hydrogen) atoms. The Morgan fingerprint density at radius 2 is 1.80 bits per heavy atom. The molecule has 0 aliphatic carbocycles. The van der Waals surface area contributed by atoms with Crippen LogP contribution in [-0.2, 0) is 21.9 Å². The third kappa shape index (κ3) is 7.18. The second-order valence-electron chi connectivity index (χ2n) is 7.19. The number of rotatable bonds is 9. The Kier molecular flexibility index (Phi) is 9.46. The maximum Gasteiger partial charge on any atom is 0.242 e. The van der Waals surface area contributed by atoms with Gasteiger partial charge in [0.05, 0.1) is 15.8 Å². The molecule has 0 aliphatic rings. The number of benzene rings is 2. The fourth-order valence-corrected chi connectivity index (χ4v) is 3.94. The Balaban J connectivity index is 2.09. The predicted molar refractivity (Wildman–Crippen MR) is 122 cm³/mol. The van der Waals surface area contributed by atoms with Crippen molar-refractivity contribution in [3.05, 3.63) is 69.5 Å². The minimum atomic E-state index is -0.731. The first kappa shape index (κ1) is 24.5. The van der Waals surface area contributed by atoms with Gasteiger partial charge in [-0.05, 0) is 44.5 Å². The molecule has 0 saturated carbocycles. The quantitative estimate of drug-likeness (QED) is 0.540. The SMILES string of the molecule is CC(C)NC(=O)[C@@H](C)N(Cc1ccccc1F)C(=O)CSCc1ccc(Cl)c(Cl)c1. The van der Waals surface area contributed by atoms with Gasteiger partial charge in [0, 0.05) is 23.9 Å². The first-order chi connectivity index (χ1) is 14.2. The lowest BCUT2D eigenvalue weighted by Crippen LogP contribution is -2.49. The number of hydrogen-bond acceptors (Lipinski definition) is 3. The minimum absolute atomic E-state index is 0.0194. The van der Waals surface area contributed by atoms with E-state index in [4.69, 9.17) is 23.2 Å². The summed E-state index contributed by atoms with van der Waals surface area (Å²) in [5, 5.41) is 3.75. The zero-order valence-corrected chi connectivity index (χ0v) is 19.5. The van der Waals surface area contributed by atoms with Gasteiger partial charge in [0.2, 0.25) is 11.8 Å². The van der Waals surface area contributed by atoms with Gasteiger partial charge in [-0.2, -0.15) is 0 Å². The number of carbonyl (C=O) groups is 2. The van der Waals surface area contributed by atoms with E-state index in [2.05, 4.69) is 5.32 Å². The zero-order valence-electron chi connectivity index (χ0n) is 17.1. The molecule has 0 heterocycles. The number of carbonyl (C=O) groups excluding carboxylic acids is 2. The molecule has 1 atom stereocenters. The normalized spacial score (nSPS) is 12.0. The van der Waals surface area contributed by atoms with Crippen molar-refractivity contribution in [1.82, 2.24) is 10.2 Å². The number of hydrogen-bond donors (Lipinski definition) is 1. The molecule has 2 aromatic carbocycles. The van der Waals surface area contributed by atoms with Crippen molar-refractivity contribution in [2.24, 2.45) is 0 Å². The lowest BCUT2D eigenvalue weighted by atomic mass is 10.1. The van der Waals surface area contributed by atoms with Gasteiger partial charge in [0.1, 0.15) is 11.9 Å². The molecule has 0 unspecified atom stereocenters. The fourth-order valence-electron chi connectivity index (χ4n) is 2.77. The van der Waals surface area contributed by atoms with Gasteiger partial charge in [0.25, 0.3) is 0 Å². The van der Waals surface area contributed by atoms with E-state index in [-0.39, 0.29) is 30.2 Å². The smallest absolute Gasteiger partial charge is 0.242 e. The Bertz CT molecular complexity index is 895. The van der Waals surface area contributed by atoms with Crippen LogP contribution in [0.3, 0.4) is 0 Å².